The monoisotopic (exact) mass is 674 g/mol. The van der Waals surface area contributed by atoms with Crippen LogP contribution >= 0.6 is 0 Å². The molecule has 0 bridgehead atoms. The second-order valence-corrected chi connectivity index (χ2v) is 8.57. The maximum Gasteiger partial charge on any atom is 0.433 e. The zero-order chi connectivity index (χ0) is 35.4. The molecular formula is C30H25F7N2O8. The van der Waals surface area contributed by atoms with E-state index in [1.54, 1.807) is 0 Å². The van der Waals surface area contributed by atoms with Gasteiger partial charge in [0.05, 0.1) is 52.0 Å². The molecule has 47 heavy (non-hydrogen) atoms. The molecule has 0 saturated carbocycles. The maximum atomic E-state index is 12.5. The van der Waals surface area contributed by atoms with Crippen molar-refractivity contribution in [1.29, 1.82) is 0 Å². The summed E-state index contributed by atoms with van der Waals surface area (Å²) in [5, 5.41) is 9.21. The number of pyridine rings is 2. The number of nitrogens with zero attached hydrogens (tertiary/aromatic N) is 2. The molecule has 4 rings (SSSR count). The van der Waals surface area contributed by atoms with Gasteiger partial charge in [0.25, 0.3) is 0 Å². The molecule has 0 aliphatic heterocycles. The van der Waals surface area contributed by atoms with Gasteiger partial charge in [-0.2, -0.15) is 26.3 Å². The van der Waals surface area contributed by atoms with Gasteiger partial charge in [-0.05, 0) is 60.7 Å². The number of carbonyl (C=O) groups is 2. The van der Waals surface area contributed by atoms with Gasteiger partial charge in [0.2, 0.25) is 0 Å². The Morgan fingerprint density at radius 1 is 0.638 bits per heavy atom. The largest absolute Gasteiger partial charge is 0.504 e. The van der Waals surface area contributed by atoms with E-state index < -0.39 is 41.5 Å². The normalized spacial score (nSPS) is 10.7. The number of rotatable bonds is 6. The topological polar surface area (TPSA) is 126 Å². The van der Waals surface area contributed by atoms with Crippen molar-refractivity contribution in [2.75, 3.05) is 28.4 Å². The van der Waals surface area contributed by atoms with Gasteiger partial charge in [0, 0.05) is 0 Å². The van der Waals surface area contributed by atoms with E-state index in [9.17, 15) is 45.4 Å². The minimum Gasteiger partial charge on any atom is -0.504 e. The Hall–Kier alpha value is -5.61. The molecule has 252 valence electrons. The predicted molar refractivity (Wildman–Crippen MR) is 149 cm³/mol. The van der Waals surface area contributed by atoms with Crippen molar-refractivity contribution in [2.24, 2.45) is 0 Å². The Labute approximate surface area is 262 Å². The fourth-order valence-electron chi connectivity index (χ4n) is 3.20. The van der Waals surface area contributed by atoms with Gasteiger partial charge in [-0.15, -0.1) is 0 Å². The quantitative estimate of drug-likeness (QED) is 0.167. The number of aromatic nitrogens is 2. The Bertz CT molecular complexity index is 1630. The van der Waals surface area contributed by atoms with Crippen LogP contribution in [0.25, 0.3) is 0 Å². The van der Waals surface area contributed by atoms with E-state index in [0.717, 1.165) is 24.4 Å². The smallest absolute Gasteiger partial charge is 0.433 e. The first-order valence-corrected chi connectivity index (χ1v) is 12.7. The molecule has 2 aromatic carbocycles. The Kier molecular flexibility index (Phi) is 13.3. The van der Waals surface area contributed by atoms with Crippen LogP contribution in [0.15, 0.2) is 73.1 Å². The SMILES string of the molecule is COC(=O)c1ccc(O)c(OC)c1.COC(=O)c1ccc(Oc2ccc(C(F)(F)F)nc2)c(OC)c1.Fc1ccc(C(F)(F)F)nc1. The average Bonchev–Trinajstić information content (AvgIpc) is 3.04. The highest BCUT2D eigenvalue weighted by molar-refractivity contribution is 5.90. The molecule has 0 aliphatic carbocycles. The number of phenolic OH excluding ortho intramolecular Hbond substituents is 1. The van der Waals surface area contributed by atoms with Crippen LogP contribution < -0.4 is 14.2 Å². The van der Waals surface area contributed by atoms with Crippen LogP contribution in [0.3, 0.4) is 0 Å². The van der Waals surface area contributed by atoms with E-state index in [1.165, 1.54) is 64.8 Å². The second kappa shape index (κ2) is 16.6. The lowest BCUT2D eigenvalue weighted by Gasteiger charge is -2.12. The molecule has 0 radical (unpaired) electrons. The molecule has 0 spiro atoms. The molecule has 4 aromatic rings. The number of esters is 2. The minimum atomic E-state index is -4.52. The van der Waals surface area contributed by atoms with Crippen molar-refractivity contribution >= 4 is 11.9 Å². The van der Waals surface area contributed by atoms with Crippen molar-refractivity contribution < 1.29 is 69.1 Å². The molecule has 0 atom stereocenters. The molecule has 0 unspecified atom stereocenters. The Morgan fingerprint density at radius 2 is 1.13 bits per heavy atom. The number of phenols is 1. The minimum absolute atomic E-state index is 0.00449. The summed E-state index contributed by atoms with van der Waals surface area (Å²) in [5.41, 5.74) is -1.50. The van der Waals surface area contributed by atoms with Crippen LogP contribution in [-0.4, -0.2) is 55.5 Å². The summed E-state index contributed by atoms with van der Waals surface area (Å²) < 4.78 is 109. The molecule has 17 heteroatoms. The van der Waals surface area contributed by atoms with Crippen LogP contribution in [0, 0.1) is 5.82 Å². The number of aromatic hydroxyl groups is 1. The summed E-state index contributed by atoms with van der Waals surface area (Å²) >= 11 is 0. The van der Waals surface area contributed by atoms with Crippen molar-refractivity contribution in [3.05, 3.63) is 101 Å². The number of carbonyl (C=O) groups excluding carboxylic acids is 2. The van der Waals surface area contributed by atoms with E-state index in [-0.39, 0.29) is 34.3 Å². The van der Waals surface area contributed by atoms with Crippen molar-refractivity contribution in [2.45, 2.75) is 12.4 Å². The molecule has 10 nitrogen and oxygen atoms in total. The first kappa shape index (κ1) is 37.6. The number of hydrogen-bond donors (Lipinski definition) is 1. The first-order chi connectivity index (χ1) is 22.0. The number of methoxy groups -OCH3 is 4. The van der Waals surface area contributed by atoms with E-state index in [2.05, 4.69) is 19.4 Å². The average molecular weight is 675 g/mol. The standard InChI is InChI=1S/C15H12F3NO4.C9H10O4.C6H3F4N/c1-21-12-7-9(14(20)22-2)3-5-11(12)23-10-4-6-13(19-8-10)15(16,17)18;1-12-8-5-6(9(11)13-2)3-4-7(8)10;7-4-1-2-5(11-3-4)6(8,9)10/h3-8H,1-2H3;3-5,10H,1-2H3;1-3H. The molecular weight excluding hydrogens is 649 g/mol. The van der Waals surface area contributed by atoms with Gasteiger partial charge < -0.3 is 28.8 Å². The lowest BCUT2D eigenvalue weighted by molar-refractivity contribution is -0.142. The lowest BCUT2D eigenvalue weighted by atomic mass is 10.2. The number of hydrogen-bond acceptors (Lipinski definition) is 10. The third-order valence-corrected chi connectivity index (χ3v) is 5.46. The molecule has 0 saturated heterocycles. The number of halogens is 7. The zero-order valence-electron chi connectivity index (χ0n) is 24.8. The van der Waals surface area contributed by atoms with Gasteiger partial charge in [-0.1, -0.05) is 0 Å². The van der Waals surface area contributed by atoms with E-state index in [4.69, 9.17) is 14.2 Å². The molecule has 0 amide bonds. The number of ether oxygens (including phenoxy) is 5. The van der Waals surface area contributed by atoms with Gasteiger partial charge in [0.1, 0.15) is 23.0 Å². The highest BCUT2D eigenvalue weighted by Crippen LogP contribution is 2.34. The van der Waals surface area contributed by atoms with Crippen LogP contribution in [0.1, 0.15) is 32.1 Å². The predicted octanol–water partition coefficient (Wildman–Crippen LogP) is 7.11. The van der Waals surface area contributed by atoms with Gasteiger partial charge >= 0.3 is 24.3 Å². The summed E-state index contributed by atoms with van der Waals surface area (Å²) in [5.74, 6) is -0.989. The van der Waals surface area contributed by atoms with E-state index in [1.807, 2.05) is 0 Å². The Morgan fingerprint density at radius 3 is 1.55 bits per heavy atom. The third kappa shape index (κ3) is 11.4. The fourth-order valence-corrected chi connectivity index (χ4v) is 3.20. The maximum absolute atomic E-state index is 12.5. The summed E-state index contributed by atoms with van der Waals surface area (Å²) in [4.78, 5) is 28.6. The highest BCUT2D eigenvalue weighted by atomic mass is 19.4. The van der Waals surface area contributed by atoms with Gasteiger partial charge in [0.15, 0.2) is 23.0 Å². The summed E-state index contributed by atoms with van der Waals surface area (Å²) in [7, 11) is 5.32. The molecule has 0 fully saturated rings. The molecule has 2 aromatic heterocycles. The van der Waals surface area contributed by atoms with Crippen molar-refractivity contribution in [1.82, 2.24) is 9.97 Å². The van der Waals surface area contributed by atoms with Crippen LogP contribution in [0.5, 0.6) is 28.7 Å². The molecule has 1 N–H and O–H groups in total. The molecule has 2 heterocycles. The van der Waals surface area contributed by atoms with E-state index in [0.29, 0.717) is 17.8 Å². The first-order valence-electron chi connectivity index (χ1n) is 12.7. The lowest BCUT2D eigenvalue weighted by Crippen LogP contribution is -2.07. The fraction of sp³-hybridized carbons (Fsp3) is 0.200. The zero-order valence-corrected chi connectivity index (χ0v) is 24.8. The second-order valence-electron chi connectivity index (χ2n) is 8.57. The summed E-state index contributed by atoms with van der Waals surface area (Å²) in [6.07, 6.45) is -7.52. The van der Waals surface area contributed by atoms with Crippen molar-refractivity contribution in [3.8, 4) is 28.7 Å². The summed E-state index contributed by atoms with van der Waals surface area (Å²) in [6, 6.07) is 11.8. The number of benzene rings is 2. The van der Waals surface area contributed by atoms with Crippen LogP contribution in [0.2, 0.25) is 0 Å². The molecule has 0 aliphatic rings. The third-order valence-electron chi connectivity index (χ3n) is 5.46. The van der Waals surface area contributed by atoms with Crippen molar-refractivity contribution in [3.63, 3.8) is 0 Å². The van der Waals surface area contributed by atoms with Gasteiger partial charge in [-0.25, -0.2) is 23.9 Å². The van der Waals surface area contributed by atoms with Crippen LogP contribution in [0.4, 0.5) is 30.7 Å². The number of alkyl halides is 6. The van der Waals surface area contributed by atoms with Gasteiger partial charge in [-0.3, -0.25) is 0 Å². The highest BCUT2D eigenvalue weighted by Gasteiger charge is 2.32. The van der Waals surface area contributed by atoms with E-state index >= 15 is 0 Å². The Balaban J connectivity index is 0.000000270. The van der Waals surface area contributed by atoms with Crippen LogP contribution in [-0.2, 0) is 21.8 Å². The summed E-state index contributed by atoms with van der Waals surface area (Å²) in [6.45, 7) is 0.